The van der Waals surface area contributed by atoms with Crippen LogP contribution in [0.5, 0.6) is 5.75 Å². The van der Waals surface area contributed by atoms with Gasteiger partial charge in [0.1, 0.15) is 11.6 Å². The highest BCUT2D eigenvalue weighted by Crippen LogP contribution is 2.51. The number of aromatic nitrogens is 1. The summed E-state index contributed by atoms with van der Waals surface area (Å²) in [6, 6.07) is -1.12. The van der Waals surface area contributed by atoms with Crippen molar-refractivity contribution >= 4 is 34.9 Å². The van der Waals surface area contributed by atoms with E-state index in [2.05, 4.69) is 4.98 Å². The van der Waals surface area contributed by atoms with E-state index >= 15 is 0 Å². The van der Waals surface area contributed by atoms with Gasteiger partial charge in [0.15, 0.2) is 34.7 Å². The Hall–Kier alpha value is -3.18. The molecule has 0 radical (unpaired) electrons. The van der Waals surface area contributed by atoms with Gasteiger partial charge >= 0.3 is 0 Å². The second kappa shape index (κ2) is 7.42. The van der Waals surface area contributed by atoms with E-state index in [1.54, 1.807) is 33.1 Å². The first-order valence-corrected chi connectivity index (χ1v) is 10.6. The molecule has 1 amide bonds. The van der Waals surface area contributed by atoms with Crippen LogP contribution in [-0.4, -0.2) is 89.0 Å². The summed E-state index contributed by atoms with van der Waals surface area (Å²) in [5.74, 6) is -10.2. The second-order valence-electron chi connectivity index (χ2n) is 9.50. The van der Waals surface area contributed by atoms with E-state index in [4.69, 9.17) is 5.73 Å². The molecule has 0 aromatic carbocycles. The van der Waals surface area contributed by atoms with Gasteiger partial charge in [0, 0.05) is 25.6 Å². The fourth-order valence-electron chi connectivity index (χ4n) is 5.87. The van der Waals surface area contributed by atoms with Crippen LogP contribution in [0.1, 0.15) is 22.3 Å². The molecule has 176 valence electrons. The molecule has 1 heterocycles. The number of carbonyl (C=O) groups excluding carboxylic acids is 5. The number of rotatable bonds is 3. The number of pyridine rings is 1. The topological polar surface area (TPSA) is 171 Å². The van der Waals surface area contributed by atoms with Gasteiger partial charge in [-0.25, -0.2) is 4.98 Å². The Balaban J connectivity index is 1.89. The average molecular weight is 458 g/mol. The number of anilines is 1. The van der Waals surface area contributed by atoms with Gasteiger partial charge in [-0.1, -0.05) is 0 Å². The third kappa shape index (κ3) is 2.95. The Bertz CT molecular complexity index is 1110. The van der Waals surface area contributed by atoms with Crippen molar-refractivity contribution < 1.29 is 34.2 Å². The highest BCUT2D eigenvalue weighted by atomic mass is 16.3. The number of likely N-dealkylation sites (N-methyl/N-ethyl adjacent to an activating group) is 1. The normalized spacial score (nSPS) is 33.5. The van der Waals surface area contributed by atoms with Gasteiger partial charge in [-0.2, -0.15) is 0 Å². The van der Waals surface area contributed by atoms with Crippen molar-refractivity contribution in [2.45, 2.75) is 24.5 Å². The summed E-state index contributed by atoms with van der Waals surface area (Å²) in [7, 11) is 6.54. The van der Waals surface area contributed by atoms with Crippen LogP contribution in [0.25, 0.3) is 0 Å². The van der Waals surface area contributed by atoms with Crippen LogP contribution in [0.3, 0.4) is 0 Å². The molecule has 33 heavy (non-hydrogen) atoms. The highest BCUT2D eigenvalue weighted by Gasteiger charge is 2.69. The summed E-state index contributed by atoms with van der Waals surface area (Å²) in [5.41, 5.74) is 2.97. The van der Waals surface area contributed by atoms with Gasteiger partial charge in [0.2, 0.25) is 5.91 Å². The molecule has 11 heteroatoms. The number of carbonyl (C=O) groups is 5. The highest BCUT2D eigenvalue weighted by molar-refractivity contribution is 6.32. The number of primary amides is 1. The molecule has 1 aromatic rings. The fraction of sp³-hybridized carbons (Fsp3) is 0.545. The van der Waals surface area contributed by atoms with Crippen LogP contribution in [0.4, 0.5) is 5.82 Å². The smallest absolute Gasteiger partial charge is 0.235 e. The minimum Gasteiger partial charge on any atom is -0.506 e. The summed E-state index contributed by atoms with van der Waals surface area (Å²) in [4.78, 5) is 72.6. The SMILES string of the molecule is CN(C)c1ncc(O)c2c1C[C@H]1C[C@H]3[C@H](N(C)C)C(=O)C(C(N)=O)C(=O)[C@@]3(O)C(=O)C1C2=O. The van der Waals surface area contributed by atoms with E-state index in [1.807, 2.05) is 0 Å². The molecule has 6 atom stereocenters. The first-order chi connectivity index (χ1) is 15.3. The Kier molecular flexibility index (Phi) is 5.17. The number of nitrogens with zero attached hydrogens (tertiary/aromatic N) is 3. The van der Waals surface area contributed by atoms with Crippen molar-refractivity contribution in [2.75, 3.05) is 33.1 Å². The minimum atomic E-state index is -2.72. The molecule has 4 rings (SSSR count). The monoisotopic (exact) mass is 458 g/mol. The van der Waals surface area contributed by atoms with Crippen molar-refractivity contribution in [1.29, 1.82) is 0 Å². The van der Waals surface area contributed by atoms with Crippen molar-refractivity contribution in [3.63, 3.8) is 0 Å². The van der Waals surface area contributed by atoms with E-state index in [1.165, 1.54) is 4.90 Å². The molecule has 3 aliphatic carbocycles. The maximum atomic E-state index is 13.6. The van der Waals surface area contributed by atoms with Gasteiger partial charge in [-0.15, -0.1) is 0 Å². The van der Waals surface area contributed by atoms with E-state index in [0.29, 0.717) is 11.4 Å². The number of aromatic hydroxyl groups is 1. The number of hydrogen-bond donors (Lipinski definition) is 3. The quantitative estimate of drug-likeness (QED) is 0.445. The zero-order valence-corrected chi connectivity index (χ0v) is 18.7. The van der Waals surface area contributed by atoms with Crippen LogP contribution in [-0.2, 0) is 25.6 Å². The van der Waals surface area contributed by atoms with E-state index < -0.39 is 70.1 Å². The van der Waals surface area contributed by atoms with Crippen LogP contribution in [0.15, 0.2) is 6.20 Å². The minimum absolute atomic E-state index is 0.00637. The Labute approximate surface area is 189 Å². The van der Waals surface area contributed by atoms with Gasteiger partial charge in [0.05, 0.1) is 23.7 Å². The number of ketones is 4. The first-order valence-electron chi connectivity index (χ1n) is 10.6. The lowest BCUT2D eigenvalue weighted by Gasteiger charge is -2.52. The molecule has 2 fully saturated rings. The third-order valence-electron chi connectivity index (χ3n) is 7.21. The summed E-state index contributed by atoms with van der Waals surface area (Å²) in [6.45, 7) is 0. The van der Waals surface area contributed by atoms with Gasteiger partial charge in [-0.3, -0.25) is 28.9 Å². The summed E-state index contributed by atoms with van der Waals surface area (Å²) < 4.78 is 0. The number of hydrogen-bond acceptors (Lipinski definition) is 10. The molecule has 3 aliphatic rings. The lowest BCUT2D eigenvalue weighted by atomic mass is 9.52. The fourth-order valence-corrected chi connectivity index (χ4v) is 5.87. The molecular weight excluding hydrogens is 432 g/mol. The maximum absolute atomic E-state index is 13.6. The van der Waals surface area contributed by atoms with Crippen molar-refractivity contribution in [3.05, 3.63) is 17.3 Å². The number of fused-ring (bicyclic) bond motifs is 3. The molecule has 11 nitrogen and oxygen atoms in total. The summed E-state index contributed by atoms with van der Waals surface area (Å²) in [6.07, 6.45) is 1.31. The first kappa shape index (κ1) is 23.0. The van der Waals surface area contributed by atoms with Crippen LogP contribution in [0, 0.1) is 23.7 Å². The molecular formula is C22H26N4O7. The molecule has 2 unspecified atom stereocenters. The van der Waals surface area contributed by atoms with Gasteiger partial charge in [0.25, 0.3) is 0 Å². The largest absolute Gasteiger partial charge is 0.506 e. The van der Waals surface area contributed by atoms with Gasteiger partial charge < -0.3 is 20.8 Å². The molecule has 0 bridgehead atoms. The molecule has 0 spiro atoms. The Morgan fingerprint density at radius 1 is 1.15 bits per heavy atom. The lowest BCUT2D eigenvalue weighted by Crippen LogP contribution is -2.74. The zero-order chi connectivity index (χ0) is 24.6. The lowest BCUT2D eigenvalue weighted by molar-refractivity contribution is -0.181. The van der Waals surface area contributed by atoms with E-state index in [0.717, 1.165) is 6.20 Å². The zero-order valence-electron chi connectivity index (χ0n) is 18.7. The van der Waals surface area contributed by atoms with Crippen LogP contribution in [0.2, 0.25) is 0 Å². The molecule has 2 saturated carbocycles. The Morgan fingerprint density at radius 2 is 1.79 bits per heavy atom. The van der Waals surface area contributed by atoms with Crippen molar-refractivity contribution in [3.8, 4) is 5.75 Å². The summed E-state index contributed by atoms with van der Waals surface area (Å²) in [5, 5.41) is 21.8. The predicted molar refractivity (Wildman–Crippen MR) is 113 cm³/mol. The number of Topliss-reactive ketones (excluding diaryl/α,β-unsaturated/α-hetero) is 4. The van der Waals surface area contributed by atoms with E-state index in [9.17, 15) is 34.2 Å². The number of aliphatic hydroxyl groups is 1. The number of nitrogens with two attached hydrogens (primary N) is 1. The second-order valence-corrected chi connectivity index (χ2v) is 9.50. The Morgan fingerprint density at radius 3 is 2.33 bits per heavy atom. The average Bonchev–Trinajstić information content (AvgIpc) is 2.70. The summed E-state index contributed by atoms with van der Waals surface area (Å²) >= 11 is 0. The predicted octanol–water partition coefficient (Wildman–Crippen LogP) is -1.67. The molecule has 4 N–H and O–H groups in total. The van der Waals surface area contributed by atoms with Crippen LogP contribution >= 0.6 is 0 Å². The number of amides is 1. The van der Waals surface area contributed by atoms with E-state index in [-0.39, 0.29) is 18.4 Å². The maximum Gasteiger partial charge on any atom is 0.235 e. The molecule has 0 aliphatic heterocycles. The molecule has 1 aromatic heterocycles. The van der Waals surface area contributed by atoms with Crippen molar-refractivity contribution in [2.24, 2.45) is 29.4 Å². The standard InChI is InChI=1S/C22H26N4O7/c1-25(2)15-10-6-8-5-9-13(11(27)7-24-21(9)26(3)4)16(28)12(8)18(30)22(10,33)19(31)14(17(15)29)20(23)32/h7-8,10,12,14-15,27,33H,5-6H2,1-4H3,(H2,23,32)/t8-,10-,12?,14?,15-,22-/m0/s1. The van der Waals surface area contributed by atoms with Gasteiger partial charge in [-0.05, 0) is 32.9 Å². The van der Waals surface area contributed by atoms with Crippen LogP contribution < -0.4 is 10.6 Å². The third-order valence-corrected chi connectivity index (χ3v) is 7.21. The van der Waals surface area contributed by atoms with Crippen molar-refractivity contribution in [1.82, 2.24) is 9.88 Å². The molecule has 0 saturated heterocycles.